The second-order valence-electron chi connectivity index (χ2n) is 5.44. The Balaban J connectivity index is 1.94. The third-order valence-electron chi connectivity index (χ3n) is 4.72. The van der Waals surface area contributed by atoms with E-state index in [4.69, 9.17) is 0 Å². The van der Waals surface area contributed by atoms with Crippen LogP contribution in [0.1, 0.15) is 39.0 Å². The fourth-order valence-corrected chi connectivity index (χ4v) is 3.68. The van der Waals surface area contributed by atoms with Crippen LogP contribution in [-0.4, -0.2) is 29.7 Å². The van der Waals surface area contributed by atoms with Crippen LogP contribution in [0.25, 0.3) is 0 Å². The highest BCUT2D eigenvalue weighted by molar-refractivity contribution is 5.17. The summed E-state index contributed by atoms with van der Waals surface area (Å²) in [5.74, 6) is 0. The van der Waals surface area contributed by atoms with Crippen molar-refractivity contribution >= 4 is 0 Å². The van der Waals surface area contributed by atoms with E-state index in [0.29, 0.717) is 5.41 Å². The van der Waals surface area contributed by atoms with Crippen LogP contribution in [0.4, 0.5) is 4.39 Å². The number of alkyl halides is 1. The monoisotopic (exact) mass is 183 g/mol. The molecule has 1 saturated carbocycles. The SMILES string of the molecule is CC1(C23CCCN2CC(F)C3)CC1. The van der Waals surface area contributed by atoms with E-state index in [-0.39, 0.29) is 5.54 Å². The fourth-order valence-electron chi connectivity index (χ4n) is 3.68. The molecule has 2 unspecified atom stereocenters. The zero-order chi connectivity index (χ0) is 9.10. The predicted octanol–water partition coefficient (Wildman–Crippen LogP) is 2.36. The van der Waals surface area contributed by atoms with Crippen molar-refractivity contribution in [1.82, 2.24) is 4.90 Å². The van der Waals surface area contributed by atoms with Crippen molar-refractivity contribution in [3.05, 3.63) is 0 Å². The molecule has 2 heterocycles. The molecule has 1 aliphatic carbocycles. The molecule has 3 fully saturated rings. The Morgan fingerprint density at radius 1 is 1.31 bits per heavy atom. The Bertz CT molecular complexity index is 236. The van der Waals surface area contributed by atoms with Gasteiger partial charge in [-0.2, -0.15) is 0 Å². The standard InChI is InChI=1S/C11H18FN/c1-10(4-5-10)11-3-2-6-13(11)8-9(12)7-11/h9H,2-8H2,1H3. The van der Waals surface area contributed by atoms with Gasteiger partial charge >= 0.3 is 0 Å². The first-order valence-corrected chi connectivity index (χ1v) is 5.55. The van der Waals surface area contributed by atoms with Gasteiger partial charge in [-0.1, -0.05) is 6.92 Å². The summed E-state index contributed by atoms with van der Waals surface area (Å²) in [5.41, 5.74) is 0.761. The summed E-state index contributed by atoms with van der Waals surface area (Å²) in [6.45, 7) is 4.23. The van der Waals surface area contributed by atoms with Crippen LogP contribution < -0.4 is 0 Å². The number of halogens is 1. The average molecular weight is 183 g/mol. The lowest BCUT2D eigenvalue weighted by Crippen LogP contribution is -2.45. The molecule has 3 aliphatic rings. The van der Waals surface area contributed by atoms with Gasteiger partial charge in [-0.25, -0.2) is 4.39 Å². The number of hydrogen-bond donors (Lipinski definition) is 0. The Labute approximate surface area is 79.3 Å². The van der Waals surface area contributed by atoms with Crippen molar-refractivity contribution in [2.45, 2.75) is 50.7 Å². The zero-order valence-corrected chi connectivity index (χ0v) is 8.35. The van der Waals surface area contributed by atoms with Crippen molar-refractivity contribution in [3.63, 3.8) is 0 Å². The number of hydrogen-bond acceptors (Lipinski definition) is 1. The molecular weight excluding hydrogens is 165 g/mol. The molecule has 2 heteroatoms. The summed E-state index contributed by atoms with van der Waals surface area (Å²) in [6, 6.07) is 0. The Hall–Kier alpha value is -0.110. The van der Waals surface area contributed by atoms with Crippen molar-refractivity contribution in [2.75, 3.05) is 13.1 Å². The number of rotatable bonds is 1. The van der Waals surface area contributed by atoms with Gasteiger partial charge < -0.3 is 0 Å². The smallest absolute Gasteiger partial charge is 0.115 e. The van der Waals surface area contributed by atoms with Gasteiger partial charge in [0.05, 0.1) is 0 Å². The van der Waals surface area contributed by atoms with Gasteiger partial charge in [0.2, 0.25) is 0 Å². The minimum atomic E-state index is -0.544. The van der Waals surface area contributed by atoms with Crippen molar-refractivity contribution in [2.24, 2.45) is 5.41 Å². The van der Waals surface area contributed by atoms with Gasteiger partial charge in [-0.3, -0.25) is 4.90 Å². The van der Waals surface area contributed by atoms with Crippen LogP contribution in [0.5, 0.6) is 0 Å². The van der Waals surface area contributed by atoms with E-state index in [9.17, 15) is 4.39 Å². The quantitative estimate of drug-likeness (QED) is 0.603. The van der Waals surface area contributed by atoms with Gasteiger partial charge in [0.15, 0.2) is 0 Å². The van der Waals surface area contributed by atoms with E-state index in [1.165, 1.54) is 25.7 Å². The topological polar surface area (TPSA) is 3.24 Å². The first kappa shape index (κ1) is 8.22. The minimum Gasteiger partial charge on any atom is -0.294 e. The Morgan fingerprint density at radius 2 is 2.08 bits per heavy atom. The Kier molecular flexibility index (Phi) is 1.44. The van der Waals surface area contributed by atoms with Crippen molar-refractivity contribution < 1.29 is 4.39 Å². The van der Waals surface area contributed by atoms with Crippen LogP contribution >= 0.6 is 0 Å². The molecule has 0 aromatic heterocycles. The van der Waals surface area contributed by atoms with E-state index < -0.39 is 6.17 Å². The van der Waals surface area contributed by atoms with E-state index >= 15 is 0 Å². The second kappa shape index (κ2) is 2.28. The molecule has 74 valence electrons. The second-order valence-corrected chi connectivity index (χ2v) is 5.44. The third kappa shape index (κ3) is 0.903. The van der Waals surface area contributed by atoms with Crippen LogP contribution in [0.15, 0.2) is 0 Å². The molecule has 0 aromatic rings. The maximum absolute atomic E-state index is 13.4. The molecule has 3 rings (SSSR count). The highest BCUT2D eigenvalue weighted by Gasteiger charge is 2.63. The first-order chi connectivity index (χ1) is 6.16. The highest BCUT2D eigenvalue weighted by atomic mass is 19.1. The van der Waals surface area contributed by atoms with E-state index in [0.717, 1.165) is 19.5 Å². The van der Waals surface area contributed by atoms with Crippen LogP contribution in [0.3, 0.4) is 0 Å². The van der Waals surface area contributed by atoms with Gasteiger partial charge in [0.25, 0.3) is 0 Å². The highest BCUT2D eigenvalue weighted by Crippen LogP contribution is 2.63. The van der Waals surface area contributed by atoms with Crippen molar-refractivity contribution in [3.8, 4) is 0 Å². The summed E-state index contributed by atoms with van der Waals surface area (Å²) >= 11 is 0. The van der Waals surface area contributed by atoms with E-state index in [2.05, 4.69) is 11.8 Å². The molecule has 2 atom stereocenters. The maximum Gasteiger partial charge on any atom is 0.115 e. The largest absolute Gasteiger partial charge is 0.294 e. The number of fused-ring (bicyclic) bond motifs is 1. The predicted molar refractivity (Wildman–Crippen MR) is 50.4 cm³/mol. The lowest BCUT2D eigenvalue weighted by atomic mass is 9.78. The molecular formula is C11H18FN. The van der Waals surface area contributed by atoms with Gasteiger partial charge in [0, 0.05) is 12.1 Å². The molecule has 2 aliphatic heterocycles. The average Bonchev–Trinajstić information content (AvgIpc) is 2.56. The summed E-state index contributed by atoms with van der Waals surface area (Å²) in [7, 11) is 0. The zero-order valence-electron chi connectivity index (χ0n) is 8.35. The lowest BCUT2D eigenvalue weighted by molar-refractivity contribution is 0.110. The lowest BCUT2D eigenvalue weighted by Gasteiger charge is -2.38. The van der Waals surface area contributed by atoms with Gasteiger partial charge in [-0.05, 0) is 44.1 Å². The third-order valence-corrected chi connectivity index (χ3v) is 4.72. The molecule has 1 nitrogen and oxygen atoms in total. The van der Waals surface area contributed by atoms with Crippen molar-refractivity contribution in [1.29, 1.82) is 0 Å². The molecule has 0 spiro atoms. The summed E-state index contributed by atoms with van der Waals surface area (Å²) in [5, 5.41) is 0. The van der Waals surface area contributed by atoms with Crippen LogP contribution in [0.2, 0.25) is 0 Å². The molecule has 0 N–H and O–H groups in total. The molecule has 2 saturated heterocycles. The van der Waals surface area contributed by atoms with Gasteiger partial charge in [0.1, 0.15) is 6.17 Å². The van der Waals surface area contributed by atoms with E-state index in [1.54, 1.807) is 0 Å². The van der Waals surface area contributed by atoms with Gasteiger partial charge in [-0.15, -0.1) is 0 Å². The summed E-state index contributed by atoms with van der Waals surface area (Å²) in [6.07, 6.45) is 5.49. The molecule has 13 heavy (non-hydrogen) atoms. The summed E-state index contributed by atoms with van der Waals surface area (Å²) in [4.78, 5) is 2.45. The first-order valence-electron chi connectivity index (χ1n) is 5.55. The maximum atomic E-state index is 13.4. The van der Waals surface area contributed by atoms with Crippen LogP contribution in [0, 0.1) is 5.41 Å². The fraction of sp³-hybridized carbons (Fsp3) is 1.00. The normalized spacial score (nSPS) is 48.0. The Morgan fingerprint density at radius 3 is 2.77 bits per heavy atom. The van der Waals surface area contributed by atoms with E-state index in [1.807, 2.05) is 0 Å². The summed E-state index contributed by atoms with van der Waals surface area (Å²) < 4.78 is 13.4. The number of nitrogens with zero attached hydrogens (tertiary/aromatic N) is 1. The molecule has 0 aromatic carbocycles. The molecule has 0 radical (unpaired) electrons. The molecule has 0 amide bonds. The minimum absolute atomic E-state index is 0.284. The molecule has 0 bridgehead atoms. The van der Waals surface area contributed by atoms with Crippen LogP contribution in [-0.2, 0) is 0 Å².